The summed E-state index contributed by atoms with van der Waals surface area (Å²) >= 11 is 0. The summed E-state index contributed by atoms with van der Waals surface area (Å²) in [5, 5.41) is 11.9. The van der Waals surface area contributed by atoms with Gasteiger partial charge >= 0.3 is 0 Å². The molecule has 0 bridgehead atoms. The summed E-state index contributed by atoms with van der Waals surface area (Å²) in [5.74, 6) is -0.603. The molecule has 0 aliphatic carbocycles. The lowest BCUT2D eigenvalue weighted by molar-refractivity contribution is -0.124. The molecule has 0 aromatic rings. The Morgan fingerprint density at radius 2 is 1.93 bits per heavy atom. The molecule has 0 atom stereocenters. The molecule has 2 amide bonds. The fourth-order valence-electron chi connectivity index (χ4n) is 0.671. The first-order valence-corrected chi connectivity index (χ1v) is 4.27. The van der Waals surface area contributed by atoms with Crippen LogP contribution in [0.1, 0.15) is 13.8 Å². The van der Waals surface area contributed by atoms with Crippen molar-refractivity contribution in [3.05, 3.63) is 0 Å². The zero-order valence-electron chi connectivity index (χ0n) is 8.35. The molecule has 0 aliphatic heterocycles. The van der Waals surface area contributed by atoms with Crippen LogP contribution in [0.5, 0.6) is 0 Å². The molecule has 6 heteroatoms. The zero-order chi connectivity index (χ0) is 11.0. The van der Waals surface area contributed by atoms with Gasteiger partial charge in [-0.15, -0.1) is 0 Å². The van der Waals surface area contributed by atoms with Gasteiger partial charge in [0.15, 0.2) is 5.90 Å². The van der Waals surface area contributed by atoms with E-state index >= 15 is 0 Å². The summed E-state index contributed by atoms with van der Waals surface area (Å²) in [7, 11) is 0. The largest absolute Gasteiger partial charge is 0.480 e. The molecular formula is C8H15N3O3. The molecule has 0 saturated heterocycles. The highest BCUT2D eigenvalue weighted by Gasteiger charge is 2.03. The van der Waals surface area contributed by atoms with Crippen molar-refractivity contribution < 1.29 is 14.3 Å². The molecular weight excluding hydrogens is 186 g/mol. The predicted octanol–water partition coefficient (Wildman–Crippen LogP) is -0.748. The summed E-state index contributed by atoms with van der Waals surface area (Å²) in [6, 6.07) is 0. The maximum Gasteiger partial charge on any atom is 0.239 e. The van der Waals surface area contributed by atoms with Crippen LogP contribution in [0.2, 0.25) is 0 Å². The predicted molar refractivity (Wildman–Crippen MR) is 51.0 cm³/mol. The van der Waals surface area contributed by atoms with E-state index in [0.717, 1.165) is 0 Å². The van der Waals surface area contributed by atoms with E-state index in [4.69, 9.17) is 10.1 Å². The number of carbonyl (C=O) groups is 2. The number of hydrogen-bond donors (Lipinski definition) is 3. The van der Waals surface area contributed by atoms with Gasteiger partial charge in [-0.05, 0) is 6.92 Å². The molecule has 0 saturated carbocycles. The maximum absolute atomic E-state index is 11.0. The van der Waals surface area contributed by atoms with Gasteiger partial charge in [-0.3, -0.25) is 15.0 Å². The van der Waals surface area contributed by atoms with Crippen molar-refractivity contribution in [1.82, 2.24) is 10.6 Å². The Hall–Kier alpha value is -1.59. The van der Waals surface area contributed by atoms with Gasteiger partial charge in [0.1, 0.15) is 0 Å². The van der Waals surface area contributed by atoms with E-state index in [-0.39, 0.29) is 30.8 Å². The van der Waals surface area contributed by atoms with Crippen molar-refractivity contribution in [2.45, 2.75) is 13.8 Å². The van der Waals surface area contributed by atoms with Crippen molar-refractivity contribution >= 4 is 17.7 Å². The molecule has 80 valence electrons. The number of amides is 2. The molecule has 0 aromatic heterocycles. The third-order valence-corrected chi connectivity index (χ3v) is 1.26. The van der Waals surface area contributed by atoms with Gasteiger partial charge in [0.25, 0.3) is 0 Å². The third-order valence-electron chi connectivity index (χ3n) is 1.26. The fourth-order valence-corrected chi connectivity index (χ4v) is 0.671. The van der Waals surface area contributed by atoms with Crippen molar-refractivity contribution in [2.75, 3.05) is 19.7 Å². The number of nitrogens with one attached hydrogen (secondary N) is 3. The van der Waals surface area contributed by atoms with Crippen LogP contribution in [0.15, 0.2) is 0 Å². The Morgan fingerprint density at radius 3 is 2.43 bits per heavy atom. The highest BCUT2D eigenvalue weighted by molar-refractivity contribution is 5.86. The molecule has 0 radical (unpaired) electrons. The van der Waals surface area contributed by atoms with Crippen LogP contribution in [0, 0.1) is 5.41 Å². The minimum absolute atomic E-state index is 0.00340. The molecule has 3 N–H and O–H groups in total. The minimum Gasteiger partial charge on any atom is -0.480 e. The van der Waals surface area contributed by atoms with Crippen LogP contribution in [0.25, 0.3) is 0 Å². The molecule has 14 heavy (non-hydrogen) atoms. The van der Waals surface area contributed by atoms with Gasteiger partial charge in [0.2, 0.25) is 11.8 Å². The average Bonchev–Trinajstić information content (AvgIpc) is 2.12. The van der Waals surface area contributed by atoms with E-state index in [9.17, 15) is 9.59 Å². The van der Waals surface area contributed by atoms with Crippen LogP contribution in [-0.2, 0) is 14.3 Å². The summed E-state index contributed by atoms with van der Waals surface area (Å²) in [5.41, 5.74) is 0. The Bertz CT molecular complexity index is 228. The van der Waals surface area contributed by atoms with Crippen molar-refractivity contribution in [3.63, 3.8) is 0 Å². The number of rotatable bonds is 5. The Labute approximate surface area is 82.5 Å². The molecule has 0 spiro atoms. The molecule has 0 aromatic carbocycles. The highest BCUT2D eigenvalue weighted by Crippen LogP contribution is 1.76. The van der Waals surface area contributed by atoms with Gasteiger partial charge in [0.05, 0.1) is 19.7 Å². The van der Waals surface area contributed by atoms with Crippen LogP contribution in [-0.4, -0.2) is 37.4 Å². The minimum atomic E-state index is -0.343. The smallest absolute Gasteiger partial charge is 0.239 e. The van der Waals surface area contributed by atoms with Gasteiger partial charge in [-0.1, -0.05) is 0 Å². The number of ether oxygens (including phenoxy) is 1. The molecule has 0 fully saturated rings. The zero-order valence-corrected chi connectivity index (χ0v) is 8.35. The summed E-state index contributed by atoms with van der Waals surface area (Å²) in [6.45, 7) is 3.46. The van der Waals surface area contributed by atoms with E-state index in [1.54, 1.807) is 6.92 Å². The van der Waals surface area contributed by atoms with Gasteiger partial charge in [-0.25, -0.2) is 0 Å². The lowest BCUT2D eigenvalue weighted by Gasteiger charge is -2.06. The van der Waals surface area contributed by atoms with Crippen LogP contribution >= 0.6 is 0 Å². The van der Waals surface area contributed by atoms with E-state index < -0.39 is 0 Å². The molecule has 0 heterocycles. The van der Waals surface area contributed by atoms with Crippen LogP contribution in [0.3, 0.4) is 0 Å². The maximum atomic E-state index is 11.0. The quantitative estimate of drug-likeness (QED) is 0.404. The second-order valence-corrected chi connectivity index (χ2v) is 2.54. The lowest BCUT2D eigenvalue weighted by atomic mass is 10.5. The van der Waals surface area contributed by atoms with Crippen LogP contribution in [0.4, 0.5) is 0 Å². The van der Waals surface area contributed by atoms with E-state index in [1.807, 2.05) is 0 Å². The molecule has 0 rings (SSSR count). The number of hydrogen-bond acceptors (Lipinski definition) is 4. The Kier molecular flexibility index (Phi) is 6.09. The second-order valence-electron chi connectivity index (χ2n) is 2.54. The van der Waals surface area contributed by atoms with E-state index in [2.05, 4.69) is 10.6 Å². The van der Waals surface area contributed by atoms with Crippen molar-refractivity contribution in [2.24, 2.45) is 0 Å². The lowest BCUT2D eigenvalue weighted by Crippen LogP contribution is -2.38. The molecule has 6 nitrogen and oxygen atoms in total. The van der Waals surface area contributed by atoms with Gasteiger partial charge < -0.3 is 15.4 Å². The van der Waals surface area contributed by atoms with Crippen molar-refractivity contribution in [1.29, 1.82) is 5.41 Å². The Morgan fingerprint density at radius 1 is 1.29 bits per heavy atom. The van der Waals surface area contributed by atoms with Crippen LogP contribution < -0.4 is 10.6 Å². The van der Waals surface area contributed by atoms with Crippen molar-refractivity contribution in [3.8, 4) is 0 Å². The second kappa shape index (κ2) is 6.88. The monoisotopic (exact) mass is 201 g/mol. The SMILES string of the molecule is CCOC(=N)CNC(=O)CNC(C)=O. The van der Waals surface area contributed by atoms with E-state index in [0.29, 0.717) is 6.61 Å². The topological polar surface area (TPSA) is 91.3 Å². The first-order chi connectivity index (χ1) is 6.56. The standard InChI is InChI=1S/C8H15N3O3/c1-3-14-7(9)4-11-8(13)5-10-6(2)12/h9H,3-5H2,1-2H3,(H,10,12)(H,11,13). The first-order valence-electron chi connectivity index (χ1n) is 4.27. The normalized spacial score (nSPS) is 9.00. The Balaban J connectivity index is 3.53. The third kappa shape index (κ3) is 7.08. The summed E-state index contributed by atoms with van der Waals surface area (Å²) in [6.07, 6.45) is 0. The summed E-state index contributed by atoms with van der Waals surface area (Å²) < 4.78 is 4.80. The highest BCUT2D eigenvalue weighted by atomic mass is 16.5. The number of carbonyl (C=O) groups excluding carboxylic acids is 2. The average molecular weight is 201 g/mol. The molecule has 0 unspecified atom stereocenters. The van der Waals surface area contributed by atoms with Gasteiger partial charge in [0, 0.05) is 6.92 Å². The van der Waals surface area contributed by atoms with E-state index in [1.165, 1.54) is 6.92 Å². The summed E-state index contributed by atoms with van der Waals surface area (Å²) in [4.78, 5) is 21.4. The van der Waals surface area contributed by atoms with Gasteiger partial charge in [-0.2, -0.15) is 0 Å². The first kappa shape index (κ1) is 12.4. The molecule has 0 aliphatic rings. The fraction of sp³-hybridized carbons (Fsp3) is 0.625.